The van der Waals surface area contributed by atoms with Gasteiger partial charge in [0.25, 0.3) is 9.05 Å². The van der Waals surface area contributed by atoms with Crippen LogP contribution in [-0.4, -0.2) is 22.4 Å². The van der Waals surface area contributed by atoms with Crippen molar-refractivity contribution in [3.05, 3.63) is 24.3 Å². The van der Waals surface area contributed by atoms with Gasteiger partial charge < -0.3 is 0 Å². The highest BCUT2D eigenvalue weighted by Gasteiger charge is 2.25. The zero-order valence-corrected chi connectivity index (χ0v) is 13.9. The van der Waals surface area contributed by atoms with Crippen molar-refractivity contribution in [2.24, 2.45) is 0 Å². The van der Waals surface area contributed by atoms with Crippen molar-refractivity contribution >= 4 is 29.8 Å². The van der Waals surface area contributed by atoms with Gasteiger partial charge in [-0.2, -0.15) is 0 Å². The average Bonchev–Trinajstić information content (AvgIpc) is 2.26. The Labute approximate surface area is 124 Å². The Morgan fingerprint density at radius 1 is 1.05 bits per heavy atom. The van der Waals surface area contributed by atoms with Gasteiger partial charge in [0, 0.05) is 16.2 Å². The second kappa shape index (κ2) is 6.01. The molecule has 20 heavy (non-hydrogen) atoms. The Morgan fingerprint density at radius 2 is 1.50 bits per heavy atom. The summed E-state index contributed by atoms with van der Waals surface area (Å²) in [5, 5.41) is 0. The van der Waals surface area contributed by atoms with E-state index in [1.54, 1.807) is 13.8 Å². The van der Waals surface area contributed by atoms with E-state index in [2.05, 4.69) is 4.72 Å². The van der Waals surface area contributed by atoms with Gasteiger partial charge in [-0.3, -0.25) is 0 Å². The molecule has 0 aliphatic carbocycles. The minimum Gasteiger partial charge on any atom is -0.207 e. The highest BCUT2D eigenvalue weighted by Crippen LogP contribution is 2.20. The minimum absolute atomic E-state index is 0.00532. The fraction of sp³-hybridized carbons (Fsp3) is 0.500. The summed E-state index contributed by atoms with van der Waals surface area (Å²) < 4.78 is 49.2. The second-order valence-corrected chi connectivity index (χ2v) is 9.40. The zero-order valence-electron chi connectivity index (χ0n) is 11.6. The predicted octanol–water partition coefficient (Wildman–Crippen LogP) is 2.47. The van der Waals surface area contributed by atoms with Crippen LogP contribution in [0.5, 0.6) is 0 Å². The molecule has 1 N–H and O–H groups in total. The molecule has 0 amide bonds. The maximum absolute atomic E-state index is 12.2. The molecule has 0 aliphatic rings. The molecular weight excluding hydrogens is 322 g/mol. The van der Waals surface area contributed by atoms with Gasteiger partial charge in [0.15, 0.2) is 0 Å². The van der Waals surface area contributed by atoms with Crippen molar-refractivity contribution in [2.45, 2.75) is 48.9 Å². The van der Waals surface area contributed by atoms with Gasteiger partial charge in [-0.15, -0.1) is 0 Å². The molecule has 0 atom stereocenters. The normalized spacial score (nSPS) is 13.4. The molecule has 0 radical (unpaired) electrons. The quantitative estimate of drug-likeness (QED) is 0.807. The molecule has 0 aromatic heterocycles. The number of sulfonamides is 1. The Bertz CT molecular complexity index is 664. The van der Waals surface area contributed by atoms with Crippen LogP contribution < -0.4 is 4.72 Å². The minimum atomic E-state index is -3.85. The summed E-state index contributed by atoms with van der Waals surface area (Å²) in [5.41, 5.74) is -0.565. The monoisotopic (exact) mass is 339 g/mol. The first-order valence-corrected chi connectivity index (χ1v) is 9.86. The van der Waals surface area contributed by atoms with E-state index in [0.717, 1.165) is 6.42 Å². The molecular formula is C12H18ClNO4S2. The summed E-state index contributed by atoms with van der Waals surface area (Å²) in [6, 6.07) is 4.78. The van der Waals surface area contributed by atoms with Crippen LogP contribution in [0.15, 0.2) is 34.1 Å². The fourth-order valence-electron chi connectivity index (χ4n) is 1.88. The van der Waals surface area contributed by atoms with E-state index in [0.29, 0.717) is 6.42 Å². The van der Waals surface area contributed by atoms with Crippen molar-refractivity contribution in [3.63, 3.8) is 0 Å². The first kappa shape index (κ1) is 17.4. The van der Waals surface area contributed by atoms with Gasteiger partial charge in [-0.05, 0) is 44.5 Å². The number of nitrogens with one attached hydrogen (secondary N) is 1. The van der Waals surface area contributed by atoms with Crippen LogP contribution in [0.2, 0.25) is 0 Å². The van der Waals surface area contributed by atoms with Crippen LogP contribution in [0.4, 0.5) is 0 Å². The number of halogens is 1. The second-order valence-electron chi connectivity index (χ2n) is 5.15. The molecule has 1 aromatic rings. The number of hydrogen-bond acceptors (Lipinski definition) is 4. The van der Waals surface area contributed by atoms with Crippen LogP contribution in [0.25, 0.3) is 0 Å². The molecule has 0 saturated heterocycles. The lowest BCUT2D eigenvalue weighted by Crippen LogP contribution is -2.43. The first-order chi connectivity index (χ1) is 8.98. The SMILES string of the molecule is CCCC(C)(C)NS(=O)(=O)c1ccc(S(=O)(=O)Cl)cc1. The average molecular weight is 340 g/mol. The van der Waals surface area contributed by atoms with Crippen molar-refractivity contribution in [2.75, 3.05) is 0 Å². The molecule has 5 nitrogen and oxygen atoms in total. The maximum Gasteiger partial charge on any atom is 0.261 e. The predicted molar refractivity (Wildman–Crippen MR) is 78.8 cm³/mol. The van der Waals surface area contributed by atoms with Gasteiger partial charge in [-0.1, -0.05) is 13.3 Å². The molecule has 0 aliphatic heterocycles. The number of rotatable bonds is 6. The molecule has 8 heteroatoms. The third-order valence-electron chi connectivity index (χ3n) is 2.70. The smallest absolute Gasteiger partial charge is 0.207 e. The number of hydrogen-bond donors (Lipinski definition) is 1. The largest absolute Gasteiger partial charge is 0.261 e. The number of benzene rings is 1. The van der Waals surface area contributed by atoms with Crippen LogP contribution in [0.1, 0.15) is 33.6 Å². The Morgan fingerprint density at radius 3 is 1.90 bits per heavy atom. The fourth-order valence-corrected chi connectivity index (χ4v) is 4.09. The lowest BCUT2D eigenvalue weighted by Gasteiger charge is -2.25. The Hall–Kier alpha value is -0.630. The van der Waals surface area contributed by atoms with Gasteiger partial charge in [0.1, 0.15) is 0 Å². The lowest BCUT2D eigenvalue weighted by molar-refractivity contribution is 0.417. The molecule has 0 spiro atoms. The molecule has 0 bridgehead atoms. The van der Waals surface area contributed by atoms with Crippen LogP contribution in [-0.2, 0) is 19.1 Å². The molecule has 1 aromatic carbocycles. The van der Waals surface area contributed by atoms with Crippen LogP contribution in [0.3, 0.4) is 0 Å². The Kier molecular flexibility index (Phi) is 5.23. The molecule has 114 valence electrons. The van der Waals surface area contributed by atoms with E-state index in [9.17, 15) is 16.8 Å². The topological polar surface area (TPSA) is 80.3 Å². The summed E-state index contributed by atoms with van der Waals surface area (Å²) in [5.74, 6) is 0. The van der Waals surface area contributed by atoms with Crippen molar-refractivity contribution < 1.29 is 16.8 Å². The summed E-state index contributed by atoms with van der Waals surface area (Å²) >= 11 is 0. The van der Waals surface area contributed by atoms with Gasteiger partial charge in [-0.25, -0.2) is 21.6 Å². The van der Waals surface area contributed by atoms with E-state index in [4.69, 9.17) is 10.7 Å². The molecule has 0 saturated carbocycles. The highest BCUT2D eigenvalue weighted by atomic mass is 35.7. The van der Waals surface area contributed by atoms with Crippen molar-refractivity contribution in [1.82, 2.24) is 4.72 Å². The van der Waals surface area contributed by atoms with Gasteiger partial charge in [0.2, 0.25) is 10.0 Å². The van der Waals surface area contributed by atoms with Crippen LogP contribution >= 0.6 is 10.7 Å². The molecule has 0 unspecified atom stereocenters. The van der Waals surface area contributed by atoms with Crippen LogP contribution in [0, 0.1) is 0 Å². The van der Waals surface area contributed by atoms with Crippen molar-refractivity contribution in [3.8, 4) is 0 Å². The standard InChI is InChI=1S/C12H18ClNO4S2/c1-4-9-12(2,3)14-20(17,18)11-7-5-10(6-8-11)19(13,15)16/h5-8,14H,4,9H2,1-3H3. The van der Waals surface area contributed by atoms with Gasteiger partial charge in [0.05, 0.1) is 9.79 Å². The third kappa shape index (κ3) is 4.73. The van der Waals surface area contributed by atoms with E-state index < -0.39 is 24.6 Å². The van der Waals surface area contributed by atoms with Crippen molar-refractivity contribution in [1.29, 1.82) is 0 Å². The molecule has 0 fully saturated rings. The zero-order chi connectivity index (χ0) is 15.6. The lowest BCUT2D eigenvalue weighted by atomic mass is 10.0. The van der Waals surface area contributed by atoms with E-state index in [-0.39, 0.29) is 9.79 Å². The first-order valence-electron chi connectivity index (χ1n) is 6.07. The molecule has 1 rings (SSSR count). The third-order valence-corrected chi connectivity index (χ3v) is 5.79. The van der Waals surface area contributed by atoms with Gasteiger partial charge >= 0.3 is 0 Å². The Balaban J connectivity index is 3.06. The summed E-state index contributed by atoms with van der Waals surface area (Å²) in [7, 11) is -2.36. The highest BCUT2D eigenvalue weighted by molar-refractivity contribution is 8.13. The van der Waals surface area contributed by atoms with E-state index in [1.165, 1.54) is 24.3 Å². The summed E-state index contributed by atoms with van der Waals surface area (Å²) in [6.45, 7) is 5.56. The summed E-state index contributed by atoms with van der Waals surface area (Å²) in [6.07, 6.45) is 1.54. The van der Waals surface area contributed by atoms with E-state index in [1.807, 2.05) is 6.92 Å². The van der Waals surface area contributed by atoms with E-state index >= 15 is 0 Å². The maximum atomic E-state index is 12.2. The molecule has 0 heterocycles. The summed E-state index contributed by atoms with van der Waals surface area (Å²) in [4.78, 5) is -0.128.